The van der Waals surface area contributed by atoms with Crippen molar-refractivity contribution in [1.29, 1.82) is 0 Å². The monoisotopic (exact) mass is 450 g/mol. The number of anilines is 1. The summed E-state index contributed by atoms with van der Waals surface area (Å²) >= 11 is 0. The van der Waals surface area contributed by atoms with Gasteiger partial charge in [-0.1, -0.05) is 0 Å². The lowest BCUT2D eigenvalue weighted by Crippen LogP contribution is -2.34. The molecule has 0 saturated carbocycles. The summed E-state index contributed by atoms with van der Waals surface area (Å²) in [5.41, 5.74) is 0.199. The second kappa shape index (κ2) is 9.42. The normalized spacial score (nSPS) is 19.2. The highest BCUT2D eigenvalue weighted by atomic mass is 32.2. The van der Waals surface area contributed by atoms with Gasteiger partial charge < -0.3 is 9.47 Å². The molecule has 0 atom stereocenters. The minimum Gasteiger partial charge on any atom is -0.491 e. The minimum atomic E-state index is -4.34. The number of hydrogen-bond donors (Lipinski definition) is 0. The van der Waals surface area contributed by atoms with E-state index in [0.29, 0.717) is 25.9 Å². The number of nitrogens with zero attached hydrogens (tertiary/aromatic N) is 2. The van der Waals surface area contributed by atoms with Crippen LogP contribution in [0.4, 0.5) is 23.7 Å². The number of hydrogen-bond acceptors (Lipinski definition) is 5. The van der Waals surface area contributed by atoms with Crippen LogP contribution in [0.5, 0.6) is 5.75 Å². The zero-order valence-electron chi connectivity index (χ0n) is 16.5. The standard InChI is InChI=1S/C19H25F3N2O5S/c20-19(21,22)8-5-11-24-16-7-6-15(30(26,27)23-9-1-2-10-23)14-17(16)28-12-3-4-13-29-18(24)25/h6-7,14H,1-5,8-13H2. The van der Waals surface area contributed by atoms with Gasteiger partial charge in [0.15, 0.2) is 0 Å². The number of ether oxygens (including phenoxy) is 2. The molecular weight excluding hydrogens is 425 g/mol. The Balaban J connectivity index is 1.92. The molecule has 11 heteroatoms. The smallest absolute Gasteiger partial charge is 0.414 e. The molecule has 1 aromatic carbocycles. The summed E-state index contributed by atoms with van der Waals surface area (Å²) in [6.45, 7) is 1.06. The second-order valence-corrected chi connectivity index (χ2v) is 9.22. The molecule has 1 aromatic rings. The molecule has 0 aliphatic carbocycles. The first-order valence-corrected chi connectivity index (χ1v) is 11.4. The van der Waals surface area contributed by atoms with Crippen molar-refractivity contribution in [3.05, 3.63) is 18.2 Å². The topological polar surface area (TPSA) is 76.1 Å². The molecule has 0 unspecified atom stereocenters. The summed E-state index contributed by atoms with van der Waals surface area (Å²) < 4.78 is 75.7. The van der Waals surface area contributed by atoms with Crippen molar-refractivity contribution in [3.8, 4) is 5.75 Å². The molecule has 2 heterocycles. The minimum absolute atomic E-state index is 0.0313. The molecular formula is C19H25F3N2O5S. The van der Waals surface area contributed by atoms with Gasteiger partial charge in [0.2, 0.25) is 10.0 Å². The van der Waals surface area contributed by atoms with E-state index in [9.17, 15) is 26.4 Å². The second-order valence-electron chi connectivity index (χ2n) is 7.28. The van der Waals surface area contributed by atoms with Crippen molar-refractivity contribution in [2.24, 2.45) is 0 Å². The van der Waals surface area contributed by atoms with Crippen LogP contribution < -0.4 is 9.64 Å². The van der Waals surface area contributed by atoms with Crippen LogP contribution in [0.15, 0.2) is 23.1 Å². The number of fused-ring (bicyclic) bond motifs is 1. The van der Waals surface area contributed by atoms with Gasteiger partial charge in [-0.25, -0.2) is 13.2 Å². The van der Waals surface area contributed by atoms with Gasteiger partial charge in [-0.15, -0.1) is 0 Å². The van der Waals surface area contributed by atoms with Crippen LogP contribution in [-0.4, -0.2) is 57.8 Å². The molecule has 1 amide bonds. The van der Waals surface area contributed by atoms with Crippen LogP contribution >= 0.6 is 0 Å². The van der Waals surface area contributed by atoms with Gasteiger partial charge in [0.25, 0.3) is 0 Å². The van der Waals surface area contributed by atoms with Gasteiger partial charge >= 0.3 is 12.3 Å². The Morgan fingerprint density at radius 3 is 2.33 bits per heavy atom. The number of carbonyl (C=O) groups excluding carboxylic acids is 1. The number of cyclic esters (lactones) is 1. The summed E-state index contributed by atoms with van der Waals surface area (Å²) in [7, 11) is -3.71. The average molecular weight is 450 g/mol. The van der Waals surface area contributed by atoms with E-state index < -0.39 is 28.7 Å². The highest BCUT2D eigenvalue weighted by molar-refractivity contribution is 7.89. The van der Waals surface area contributed by atoms with Gasteiger partial charge in [-0.2, -0.15) is 17.5 Å². The summed E-state index contributed by atoms with van der Waals surface area (Å²) in [6.07, 6.45) is -3.78. The summed E-state index contributed by atoms with van der Waals surface area (Å²) in [5.74, 6) is 0.140. The zero-order chi connectivity index (χ0) is 21.8. The Hall–Kier alpha value is -2.01. The molecule has 0 N–H and O–H groups in total. The van der Waals surface area contributed by atoms with Crippen molar-refractivity contribution in [2.75, 3.05) is 37.7 Å². The number of rotatable bonds is 5. The van der Waals surface area contributed by atoms with Crippen molar-refractivity contribution < 1.29 is 35.9 Å². The summed E-state index contributed by atoms with van der Waals surface area (Å²) in [5, 5.41) is 0. The Morgan fingerprint density at radius 2 is 1.67 bits per heavy atom. The van der Waals surface area contributed by atoms with Crippen LogP contribution in [0.25, 0.3) is 0 Å². The van der Waals surface area contributed by atoms with Crippen molar-refractivity contribution in [3.63, 3.8) is 0 Å². The Bertz CT molecular complexity index is 854. The molecule has 1 saturated heterocycles. The SMILES string of the molecule is O=C1OCCCCOc2cc(S(=O)(=O)N3CCCC3)ccc2N1CCCC(F)(F)F. The highest BCUT2D eigenvalue weighted by Gasteiger charge is 2.31. The molecule has 1 fully saturated rings. The number of sulfonamides is 1. The average Bonchev–Trinajstić information content (AvgIpc) is 3.22. The van der Waals surface area contributed by atoms with Crippen LogP contribution in [-0.2, 0) is 14.8 Å². The molecule has 30 heavy (non-hydrogen) atoms. The van der Waals surface area contributed by atoms with E-state index >= 15 is 0 Å². The third-order valence-corrected chi connectivity index (χ3v) is 6.90. The third kappa shape index (κ3) is 5.57. The van der Waals surface area contributed by atoms with Crippen LogP contribution in [0.1, 0.15) is 38.5 Å². The maximum Gasteiger partial charge on any atom is 0.414 e. The molecule has 2 aliphatic heterocycles. The lowest BCUT2D eigenvalue weighted by Gasteiger charge is -2.26. The predicted octanol–water partition coefficient (Wildman–Crippen LogP) is 3.93. The Kier molecular flexibility index (Phi) is 7.12. The maximum absolute atomic E-state index is 12.9. The fraction of sp³-hybridized carbons (Fsp3) is 0.632. The molecule has 0 spiro atoms. The van der Waals surface area contributed by atoms with E-state index in [1.807, 2.05) is 0 Å². The van der Waals surface area contributed by atoms with Crippen molar-refractivity contribution in [1.82, 2.24) is 4.31 Å². The number of halogens is 3. The van der Waals surface area contributed by atoms with E-state index in [1.54, 1.807) is 0 Å². The molecule has 0 bridgehead atoms. The van der Waals surface area contributed by atoms with E-state index in [4.69, 9.17) is 9.47 Å². The maximum atomic E-state index is 12.9. The summed E-state index contributed by atoms with van der Waals surface area (Å²) in [6, 6.07) is 4.09. The van der Waals surface area contributed by atoms with Gasteiger partial charge in [0, 0.05) is 32.1 Å². The lowest BCUT2D eigenvalue weighted by atomic mass is 10.2. The van der Waals surface area contributed by atoms with Crippen molar-refractivity contribution in [2.45, 2.75) is 49.6 Å². The predicted molar refractivity (Wildman–Crippen MR) is 103 cm³/mol. The quantitative estimate of drug-likeness (QED) is 0.680. The van der Waals surface area contributed by atoms with Gasteiger partial charge in [0.05, 0.1) is 23.8 Å². The van der Waals surface area contributed by atoms with Gasteiger partial charge in [-0.3, -0.25) is 4.90 Å². The van der Waals surface area contributed by atoms with E-state index in [0.717, 1.165) is 17.7 Å². The van der Waals surface area contributed by atoms with Gasteiger partial charge in [-0.05, 0) is 44.2 Å². The molecule has 0 radical (unpaired) electrons. The molecule has 168 valence electrons. The molecule has 3 rings (SSSR count). The van der Waals surface area contributed by atoms with Gasteiger partial charge in [0.1, 0.15) is 5.75 Å². The van der Waals surface area contributed by atoms with Crippen LogP contribution in [0.3, 0.4) is 0 Å². The number of carbonyl (C=O) groups is 1. The fourth-order valence-electron chi connectivity index (χ4n) is 3.44. The molecule has 0 aromatic heterocycles. The summed E-state index contributed by atoms with van der Waals surface area (Å²) in [4.78, 5) is 13.6. The lowest BCUT2D eigenvalue weighted by molar-refractivity contribution is -0.135. The highest BCUT2D eigenvalue weighted by Crippen LogP contribution is 2.34. The van der Waals surface area contributed by atoms with E-state index in [-0.39, 0.29) is 42.5 Å². The number of alkyl halides is 3. The number of amides is 1. The van der Waals surface area contributed by atoms with E-state index in [1.165, 1.54) is 22.5 Å². The largest absolute Gasteiger partial charge is 0.491 e. The third-order valence-electron chi connectivity index (χ3n) is 5.01. The fourth-order valence-corrected chi connectivity index (χ4v) is 4.98. The Morgan fingerprint density at radius 1 is 1.00 bits per heavy atom. The van der Waals surface area contributed by atoms with Crippen LogP contribution in [0.2, 0.25) is 0 Å². The zero-order valence-corrected chi connectivity index (χ0v) is 17.3. The van der Waals surface area contributed by atoms with E-state index in [2.05, 4.69) is 0 Å². The Labute approximate surface area is 173 Å². The molecule has 2 aliphatic rings. The van der Waals surface area contributed by atoms with Crippen LogP contribution in [0, 0.1) is 0 Å². The van der Waals surface area contributed by atoms with Crippen molar-refractivity contribution >= 4 is 21.8 Å². The first kappa shape index (κ1) is 22.7. The number of benzene rings is 1. The molecule has 7 nitrogen and oxygen atoms in total. The first-order valence-electron chi connectivity index (χ1n) is 9.96. The first-order chi connectivity index (χ1) is 14.2.